The van der Waals surface area contributed by atoms with E-state index in [4.69, 9.17) is 11.6 Å². The lowest BCUT2D eigenvalue weighted by molar-refractivity contribution is 0.251. The molecule has 3 rings (SSSR count). The SMILES string of the molecule is Cc1nc(-n2nc(C(C)(C)C)cc2NC(=O)NCc2ccc(Cl)cc2)[nH]c(=O)c1C. The zero-order valence-corrected chi connectivity index (χ0v) is 18.4. The van der Waals surface area contributed by atoms with Gasteiger partial charge in [0.25, 0.3) is 5.56 Å². The lowest BCUT2D eigenvalue weighted by Gasteiger charge is -2.14. The minimum atomic E-state index is -0.405. The molecule has 8 nitrogen and oxygen atoms in total. The van der Waals surface area contributed by atoms with Crippen LogP contribution in [-0.4, -0.2) is 25.8 Å². The number of aromatic amines is 1. The highest BCUT2D eigenvalue weighted by Gasteiger charge is 2.22. The Bertz CT molecular complexity index is 1130. The molecule has 0 aliphatic carbocycles. The van der Waals surface area contributed by atoms with E-state index < -0.39 is 6.03 Å². The number of halogens is 1. The highest BCUT2D eigenvalue weighted by atomic mass is 35.5. The minimum absolute atomic E-state index is 0.242. The van der Waals surface area contributed by atoms with Gasteiger partial charge < -0.3 is 5.32 Å². The molecule has 30 heavy (non-hydrogen) atoms. The second-order valence-electron chi connectivity index (χ2n) is 8.11. The number of hydrogen-bond donors (Lipinski definition) is 3. The summed E-state index contributed by atoms with van der Waals surface area (Å²) in [6, 6.07) is 8.59. The maximum atomic E-state index is 12.5. The van der Waals surface area contributed by atoms with Crippen LogP contribution in [-0.2, 0) is 12.0 Å². The second kappa shape index (κ2) is 8.31. The molecule has 3 aromatic rings. The number of carbonyl (C=O) groups excluding carboxylic acids is 1. The molecule has 0 bridgehead atoms. The molecule has 2 amide bonds. The molecule has 1 aromatic carbocycles. The summed E-state index contributed by atoms with van der Waals surface area (Å²) in [7, 11) is 0. The van der Waals surface area contributed by atoms with Gasteiger partial charge in [0.1, 0.15) is 5.82 Å². The Hall–Kier alpha value is -3.13. The molecule has 0 saturated heterocycles. The van der Waals surface area contributed by atoms with Crippen molar-refractivity contribution in [3.05, 3.63) is 68.2 Å². The van der Waals surface area contributed by atoms with E-state index in [0.29, 0.717) is 28.6 Å². The molecule has 2 aromatic heterocycles. The molecule has 0 aliphatic rings. The van der Waals surface area contributed by atoms with Gasteiger partial charge in [-0.2, -0.15) is 9.78 Å². The number of aromatic nitrogens is 4. The van der Waals surface area contributed by atoms with Crippen LogP contribution in [0.15, 0.2) is 35.1 Å². The maximum absolute atomic E-state index is 12.5. The fourth-order valence-corrected chi connectivity index (χ4v) is 2.80. The third-order valence-corrected chi connectivity index (χ3v) is 4.92. The molecule has 158 valence electrons. The highest BCUT2D eigenvalue weighted by Crippen LogP contribution is 2.25. The van der Waals surface area contributed by atoms with Gasteiger partial charge in [-0.05, 0) is 31.5 Å². The van der Waals surface area contributed by atoms with Gasteiger partial charge in [-0.15, -0.1) is 0 Å². The number of rotatable bonds is 4. The van der Waals surface area contributed by atoms with E-state index in [1.54, 1.807) is 32.0 Å². The molecule has 0 unspecified atom stereocenters. The first-order valence-corrected chi connectivity index (χ1v) is 9.90. The van der Waals surface area contributed by atoms with Gasteiger partial charge in [-0.1, -0.05) is 44.5 Å². The minimum Gasteiger partial charge on any atom is -0.334 e. The average Bonchev–Trinajstić information content (AvgIpc) is 3.09. The molecule has 0 spiro atoms. The number of carbonyl (C=O) groups is 1. The van der Waals surface area contributed by atoms with Crippen LogP contribution in [0.25, 0.3) is 5.95 Å². The standard InChI is InChI=1S/C21H25ClN6O2/c1-12-13(2)24-19(26-18(12)29)28-17(10-16(27-28)21(3,4)5)25-20(30)23-11-14-6-8-15(22)9-7-14/h6-10H,11H2,1-5H3,(H2,23,25,30)(H,24,26,29). The molecule has 9 heteroatoms. The number of benzene rings is 1. The van der Waals surface area contributed by atoms with Crippen molar-refractivity contribution in [1.82, 2.24) is 25.1 Å². The molecule has 0 aliphatic heterocycles. The Labute approximate surface area is 179 Å². The van der Waals surface area contributed by atoms with Gasteiger partial charge in [0, 0.05) is 34.3 Å². The van der Waals surface area contributed by atoms with E-state index >= 15 is 0 Å². The summed E-state index contributed by atoms with van der Waals surface area (Å²) in [5, 5.41) is 10.8. The van der Waals surface area contributed by atoms with Crippen LogP contribution in [0.4, 0.5) is 10.6 Å². The summed E-state index contributed by atoms with van der Waals surface area (Å²) >= 11 is 5.89. The van der Waals surface area contributed by atoms with Gasteiger partial charge >= 0.3 is 6.03 Å². The second-order valence-corrected chi connectivity index (χ2v) is 8.55. The van der Waals surface area contributed by atoms with Crippen molar-refractivity contribution in [1.29, 1.82) is 0 Å². The lowest BCUT2D eigenvalue weighted by Crippen LogP contribution is -2.29. The molecule has 0 fully saturated rings. The van der Waals surface area contributed by atoms with E-state index in [-0.39, 0.29) is 16.9 Å². The smallest absolute Gasteiger partial charge is 0.320 e. The van der Waals surface area contributed by atoms with E-state index in [9.17, 15) is 9.59 Å². The Balaban J connectivity index is 1.87. The van der Waals surface area contributed by atoms with Crippen LogP contribution < -0.4 is 16.2 Å². The third kappa shape index (κ3) is 4.88. The quantitative estimate of drug-likeness (QED) is 0.587. The summed E-state index contributed by atoms with van der Waals surface area (Å²) in [6.45, 7) is 9.84. The van der Waals surface area contributed by atoms with Gasteiger partial charge in [-0.25, -0.2) is 9.78 Å². The Morgan fingerprint density at radius 2 is 1.87 bits per heavy atom. The normalized spacial score (nSPS) is 11.4. The molecule has 0 saturated carbocycles. The predicted molar refractivity (Wildman–Crippen MR) is 117 cm³/mol. The van der Waals surface area contributed by atoms with Crippen molar-refractivity contribution >= 4 is 23.4 Å². The molecule has 0 atom stereocenters. The van der Waals surface area contributed by atoms with Crippen molar-refractivity contribution in [3.8, 4) is 5.95 Å². The number of aryl methyl sites for hydroxylation is 1. The number of nitrogens with one attached hydrogen (secondary N) is 3. The topological polar surface area (TPSA) is 105 Å². The zero-order chi connectivity index (χ0) is 22.1. The van der Waals surface area contributed by atoms with Crippen molar-refractivity contribution in [2.75, 3.05) is 5.32 Å². The van der Waals surface area contributed by atoms with E-state index in [1.807, 2.05) is 32.9 Å². The van der Waals surface area contributed by atoms with Crippen molar-refractivity contribution in [3.63, 3.8) is 0 Å². The maximum Gasteiger partial charge on any atom is 0.320 e. The zero-order valence-electron chi connectivity index (χ0n) is 17.6. The van der Waals surface area contributed by atoms with E-state index in [0.717, 1.165) is 11.3 Å². The molecule has 2 heterocycles. The summed E-state index contributed by atoms with van der Waals surface area (Å²) in [5.41, 5.74) is 2.29. The van der Waals surface area contributed by atoms with Crippen molar-refractivity contribution < 1.29 is 4.79 Å². The highest BCUT2D eigenvalue weighted by molar-refractivity contribution is 6.30. The van der Waals surface area contributed by atoms with Gasteiger partial charge in [0.05, 0.1) is 5.69 Å². The van der Waals surface area contributed by atoms with Crippen LogP contribution in [0.5, 0.6) is 0 Å². The number of nitrogens with zero attached hydrogens (tertiary/aromatic N) is 3. The lowest BCUT2D eigenvalue weighted by atomic mass is 9.92. The Morgan fingerprint density at radius 3 is 2.47 bits per heavy atom. The average molecular weight is 429 g/mol. The number of H-pyrrole nitrogens is 1. The van der Waals surface area contributed by atoms with Crippen LogP contribution in [0, 0.1) is 13.8 Å². The van der Waals surface area contributed by atoms with Crippen LogP contribution in [0.2, 0.25) is 5.02 Å². The predicted octanol–water partition coefficient (Wildman–Crippen LogP) is 3.85. The molecular weight excluding hydrogens is 404 g/mol. The number of hydrogen-bond acceptors (Lipinski definition) is 4. The summed E-state index contributed by atoms with van der Waals surface area (Å²) in [4.78, 5) is 31.9. The summed E-state index contributed by atoms with van der Waals surface area (Å²) in [6.07, 6.45) is 0. The fourth-order valence-electron chi connectivity index (χ4n) is 2.67. The summed E-state index contributed by atoms with van der Waals surface area (Å²) in [5.74, 6) is 0.645. The molecule has 0 radical (unpaired) electrons. The van der Waals surface area contributed by atoms with Gasteiger partial charge in [0.15, 0.2) is 0 Å². The van der Waals surface area contributed by atoms with Crippen LogP contribution in [0.1, 0.15) is 43.3 Å². The Morgan fingerprint density at radius 1 is 1.20 bits per heavy atom. The summed E-state index contributed by atoms with van der Waals surface area (Å²) < 4.78 is 1.44. The fraction of sp³-hybridized carbons (Fsp3) is 0.333. The van der Waals surface area contributed by atoms with Crippen LogP contribution >= 0.6 is 11.6 Å². The first-order chi connectivity index (χ1) is 14.0. The van der Waals surface area contributed by atoms with Crippen molar-refractivity contribution in [2.45, 2.75) is 46.6 Å². The molecule has 3 N–H and O–H groups in total. The van der Waals surface area contributed by atoms with E-state index in [2.05, 4.69) is 25.7 Å². The molecular formula is C21H25ClN6O2. The first kappa shape index (κ1) is 21.6. The Kier molecular flexibility index (Phi) is 5.98. The number of urea groups is 1. The third-order valence-electron chi connectivity index (χ3n) is 4.67. The van der Waals surface area contributed by atoms with E-state index in [1.165, 1.54) is 4.68 Å². The van der Waals surface area contributed by atoms with Crippen molar-refractivity contribution in [2.24, 2.45) is 0 Å². The van der Waals surface area contributed by atoms with Crippen LogP contribution in [0.3, 0.4) is 0 Å². The van der Waals surface area contributed by atoms with Gasteiger partial charge in [-0.3, -0.25) is 15.1 Å². The monoisotopic (exact) mass is 428 g/mol. The first-order valence-electron chi connectivity index (χ1n) is 9.52. The largest absolute Gasteiger partial charge is 0.334 e. The van der Waals surface area contributed by atoms with Gasteiger partial charge in [0.2, 0.25) is 5.95 Å². The number of anilines is 1. The number of amides is 2.